The number of anilines is 1. The van der Waals surface area contributed by atoms with E-state index in [0.29, 0.717) is 21.9 Å². The summed E-state index contributed by atoms with van der Waals surface area (Å²) in [5.74, 6) is 0.457. The van der Waals surface area contributed by atoms with Crippen LogP contribution in [0.2, 0.25) is 5.02 Å². The van der Waals surface area contributed by atoms with E-state index >= 15 is 0 Å². The highest BCUT2D eigenvalue weighted by Crippen LogP contribution is 2.37. The van der Waals surface area contributed by atoms with E-state index in [4.69, 9.17) is 25.6 Å². The maximum Gasteiger partial charge on any atom is 0.496 e. The first-order valence-electron chi connectivity index (χ1n) is 9.18. The molecule has 0 saturated carbocycles. The Morgan fingerprint density at radius 2 is 1.62 bits per heavy atom. The third-order valence-electron chi connectivity index (χ3n) is 5.56. The number of hydrogen-bond donors (Lipinski definition) is 0. The third kappa shape index (κ3) is 3.86. The van der Waals surface area contributed by atoms with E-state index in [2.05, 4.69) is 0 Å². The summed E-state index contributed by atoms with van der Waals surface area (Å²) in [5, 5.41) is 0.377. The summed E-state index contributed by atoms with van der Waals surface area (Å²) in [7, 11) is -1.65. The zero-order valence-corrected chi connectivity index (χ0v) is 19.0. The normalized spacial score (nSPS) is 18.0. The van der Waals surface area contributed by atoms with Crippen molar-refractivity contribution in [2.24, 2.45) is 0 Å². The first kappa shape index (κ1) is 22.0. The molecule has 156 valence electrons. The smallest absolute Gasteiger partial charge is 0.495 e. The van der Waals surface area contributed by atoms with Gasteiger partial charge in [0.05, 0.1) is 28.9 Å². The summed E-state index contributed by atoms with van der Waals surface area (Å²) >= 11 is 6.37. The largest absolute Gasteiger partial charge is 0.496 e. The third-order valence-corrected chi connectivity index (χ3v) is 7.67. The molecular weight excluding hydrogens is 413 g/mol. The van der Waals surface area contributed by atoms with Crippen LogP contribution in [0.4, 0.5) is 5.69 Å². The molecule has 0 aromatic heterocycles. The van der Waals surface area contributed by atoms with E-state index < -0.39 is 28.3 Å². The van der Waals surface area contributed by atoms with Crippen molar-refractivity contribution in [2.45, 2.75) is 43.8 Å². The molecule has 0 N–H and O–H groups in total. The Hall–Kier alpha value is -1.74. The Morgan fingerprint density at radius 1 is 1.03 bits per heavy atom. The van der Waals surface area contributed by atoms with Gasteiger partial charge in [0, 0.05) is 17.5 Å². The summed E-state index contributed by atoms with van der Waals surface area (Å²) in [4.78, 5) is 0.0834. The average Bonchev–Trinajstić information content (AvgIpc) is 2.88. The quantitative estimate of drug-likeness (QED) is 0.670. The van der Waals surface area contributed by atoms with Gasteiger partial charge in [-0.25, -0.2) is 8.42 Å². The average molecular weight is 438 g/mol. The van der Waals surface area contributed by atoms with Crippen molar-refractivity contribution in [1.82, 2.24) is 0 Å². The lowest BCUT2D eigenvalue weighted by atomic mass is 9.79. The summed E-state index contributed by atoms with van der Waals surface area (Å²) in [6.07, 6.45) is 0. The summed E-state index contributed by atoms with van der Waals surface area (Å²) in [6, 6.07) is 11.4. The van der Waals surface area contributed by atoms with Crippen LogP contribution in [0.5, 0.6) is 5.75 Å². The number of rotatable bonds is 5. The van der Waals surface area contributed by atoms with Gasteiger partial charge in [0.2, 0.25) is 0 Å². The van der Waals surface area contributed by atoms with Crippen LogP contribution in [-0.4, -0.2) is 40.9 Å². The number of methoxy groups -OCH3 is 1. The van der Waals surface area contributed by atoms with Crippen LogP contribution in [0.3, 0.4) is 0 Å². The van der Waals surface area contributed by atoms with Crippen LogP contribution in [0.15, 0.2) is 47.4 Å². The highest BCUT2D eigenvalue weighted by Gasteiger charge is 2.52. The molecule has 29 heavy (non-hydrogen) atoms. The molecular formula is C20H25BClNO5S. The molecule has 1 saturated heterocycles. The van der Waals surface area contributed by atoms with Gasteiger partial charge in [0.25, 0.3) is 10.0 Å². The van der Waals surface area contributed by atoms with Crippen LogP contribution < -0.4 is 14.5 Å². The molecule has 1 fully saturated rings. The second-order valence-corrected chi connectivity index (χ2v) is 10.3. The standard InChI is InChI=1S/C20H25BClNO5S/c1-19(2)20(3,4)28-21(27-19)15-13-14(11-12-16(15)22)29(24,25)23(5)17-9-7-8-10-18(17)26-6/h7-13H,1-6H3. The van der Waals surface area contributed by atoms with Crippen LogP contribution in [0.1, 0.15) is 27.7 Å². The van der Waals surface area contributed by atoms with Crippen molar-refractivity contribution < 1.29 is 22.5 Å². The highest BCUT2D eigenvalue weighted by molar-refractivity contribution is 7.92. The van der Waals surface area contributed by atoms with E-state index in [9.17, 15) is 8.42 Å². The Kier molecular flexibility index (Phi) is 5.68. The molecule has 0 atom stereocenters. The molecule has 0 spiro atoms. The van der Waals surface area contributed by atoms with Crippen molar-refractivity contribution in [2.75, 3.05) is 18.5 Å². The van der Waals surface area contributed by atoms with Gasteiger partial charge >= 0.3 is 7.12 Å². The molecule has 0 radical (unpaired) electrons. The Bertz CT molecular complexity index is 1010. The van der Waals surface area contributed by atoms with E-state index in [-0.39, 0.29) is 4.90 Å². The lowest BCUT2D eigenvalue weighted by Gasteiger charge is -2.32. The van der Waals surface area contributed by atoms with E-state index in [1.807, 2.05) is 27.7 Å². The first-order chi connectivity index (χ1) is 13.4. The molecule has 0 bridgehead atoms. The van der Waals surface area contributed by atoms with Crippen LogP contribution in [-0.2, 0) is 19.3 Å². The molecule has 1 heterocycles. The monoisotopic (exact) mass is 437 g/mol. The Balaban J connectivity index is 2.01. The molecule has 1 aliphatic rings. The van der Waals surface area contributed by atoms with E-state index in [1.165, 1.54) is 30.6 Å². The SMILES string of the molecule is COc1ccccc1N(C)S(=O)(=O)c1ccc(Cl)c(B2OC(C)(C)C(C)(C)O2)c1. The molecule has 2 aromatic carbocycles. The van der Waals surface area contributed by atoms with Gasteiger partial charge in [0.15, 0.2) is 0 Å². The Morgan fingerprint density at radius 3 is 2.21 bits per heavy atom. The minimum atomic E-state index is -3.87. The fourth-order valence-electron chi connectivity index (χ4n) is 3.01. The molecule has 0 unspecified atom stereocenters. The van der Waals surface area contributed by atoms with Crippen molar-refractivity contribution in [3.63, 3.8) is 0 Å². The zero-order valence-electron chi connectivity index (χ0n) is 17.4. The van der Waals surface area contributed by atoms with Crippen LogP contribution >= 0.6 is 11.6 Å². The number of halogens is 1. The van der Waals surface area contributed by atoms with Crippen molar-refractivity contribution >= 4 is 39.9 Å². The molecule has 0 aliphatic carbocycles. The maximum absolute atomic E-state index is 13.3. The number of ether oxygens (including phenoxy) is 1. The molecule has 9 heteroatoms. The maximum atomic E-state index is 13.3. The number of benzene rings is 2. The minimum absolute atomic E-state index is 0.0834. The van der Waals surface area contributed by atoms with Gasteiger partial charge in [-0.1, -0.05) is 23.7 Å². The van der Waals surface area contributed by atoms with E-state index in [0.717, 1.165) is 0 Å². The predicted molar refractivity (Wildman–Crippen MR) is 116 cm³/mol. The van der Waals surface area contributed by atoms with Crippen LogP contribution in [0.25, 0.3) is 0 Å². The van der Waals surface area contributed by atoms with E-state index in [1.54, 1.807) is 30.3 Å². The van der Waals surface area contributed by atoms with Gasteiger partial charge in [0.1, 0.15) is 5.75 Å². The summed E-state index contributed by atoms with van der Waals surface area (Å²) < 4.78 is 45.1. The summed E-state index contributed by atoms with van der Waals surface area (Å²) in [5.41, 5.74) is -0.226. The van der Waals surface area contributed by atoms with Gasteiger partial charge < -0.3 is 14.0 Å². The highest BCUT2D eigenvalue weighted by atomic mass is 35.5. The number of para-hydroxylation sites is 2. The second kappa shape index (κ2) is 7.50. The van der Waals surface area contributed by atoms with Crippen molar-refractivity contribution in [3.8, 4) is 5.75 Å². The first-order valence-corrected chi connectivity index (χ1v) is 11.0. The molecule has 1 aliphatic heterocycles. The topological polar surface area (TPSA) is 65.1 Å². The van der Waals surface area contributed by atoms with Gasteiger partial charge in [-0.15, -0.1) is 0 Å². The van der Waals surface area contributed by atoms with Crippen LogP contribution in [0, 0.1) is 0 Å². The Labute approximate surface area is 177 Å². The van der Waals surface area contributed by atoms with Gasteiger partial charge in [-0.2, -0.15) is 0 Å². The zero-order chi connectivity index (χ0) is 21.6. The van der Waals surface area contributed by atoms with Gasteiger partial charge in [-0.3, -0.25) is 4.31 Å². The number of hydrogen-bond acceptors (Lipinski definition) is 5. The minimum Gasteiger partial charge on any atom is -0.495 e. The molecule has 2 aromatic rings. The predicted octanol–water partition coefficient (Wildman–Crippen LogP) is 3.47. The number of nitrogens with zero attached hydrogens (tertiary/aromatic N) is 1. The summed E-state index contributed by atoms with van der Waals surface area (Å²) in [6.45, 7) is 7.71. The lowest BCUT2D eigenvalue weighted by molar-refractivity contribution is 0.00578. The van der Waals surface area contributed by atoms with Crippen molar-refractivity contribution in [1.29, 1.82) is 0 Å². The lowest BCUT2D eigenvalue weighted by Crippen LogP contribution is -2.41. The van der Waals surface area contributed by atoms with Gasteiger partial charge in [-0.05, 0) is 58.0 Å². The molecule has 3 rings (SSSR count). The number of sulfonamides is 1. The fourth-order valence-corrected chi connectivity index (χ4v) is 4.46. The molecule has 6 nitrogen and oxygen atoms in total. The molecule has 0 amide bonds. The second-order valence-electron chi connectivity index (χ2n) is 7.92. The van der Waals surface area contributed by atoms with Crippen molar-refractivity contribution in [3.05, 3.63) is 47.5 Å². The fraction of sp³-hybridized carbons (Fsp3) is 0.400.